The summed E-state index contributed by atoms with van der Waals surface area (Å²) in [6, 6.07) is 0. The fourth-order valence-corrected chi connectivity index (χ4v) is 4.76. The molecule has 1 nitrogen and oxygen atoms in total. The van der Waals surface area contributed by atoms with Crippen molar-refractivity contribution in [2.24, 2.45) is 0 Å². The van der Waals surface area contributed by atoms with Crippen molar-refractivity contribution in [2.75, 3.05) is 0 Å². The summed E-state index contributed by atoms with van der Waals surface area (Å²) in [6.45, 7) is 4.58. The van der Waals surface area contributed by atoms with Gasteiger partial charge in [-0.3, -0.25) is 0 Å². The summed E-state index contributed by atoms with van der Waals surface area (Å²) in [5, 5.41) is 10.2. The molecule has 0 radical (unpaired) electrons. The summed E-state index contributed by atoms with van der Waals surface area (Å²) in [5.41, 5.74) is 0. The fourth-order valence-electron chi connectivity index (χ4n) is 4.76. The van der Waals surface area contributed by atoms with Crippen molar-refractivity contribution in [1.29, 1.82) is 0 Å². The summed E-state index contributed by atoms with van der Waals surface area (Å²) in [4.78, 5) is 0. The largest absolute Gasteiger partial charge is 0.393 e. The third-order valence-corrected chi connectivity index (χ3v) is 7.03. The van der Waals surface area contributed by atoms with Gasteiger partial charge in [-0.15, -0.1) is 0 Å². The molecule has 1 N–H and O–H groups in total. The van der Waals surface area contributed by atoms with E-state index in [1.54, 1.807) is 0 Å². The van der Waals surface area contributed by atoms with Crippen molar-refractivity contribution in [3.8, 4) is 0 Å². The first-order chi connectivity index (χ1) is 15.3. The van der Waals surface area contributed by atoms with E-state index in [4.69, 9.17) is 0 Å². The van der Waals surface area contributed by atoms with Gasteiger partial charge in [0.2, 0.25) is 0 Å². The molecule has 1 atom stereocenters. The molecular formula is C30H62O. The molecule has 0 bridgehead atoms. The third kappa shape index (κ3) is 27.9. The van der Waals surface area contributed by atoms with Crippen LogP contribution in [0.1, 0.15) is 187 Å². The van der Waals surface area contributed by atoms with Gasteiger partial charge in [0.25, 0.3) is 0 Å². The fraction of sp³-hybridized carbons (Fsp3) is 1.00. The molecular weight excluding hydrogens is 376 g/mol. The monoisotopic (exact) mass is 438 g/mol. The third-order valence-electron chi connectivity index (χ3n) is 7.03. The number of rotatable bonds is 27. The van der Waals surface area contributed by atoms with E-state index in [1.165, 1.54) is 161 Å². The molecule has 0 unspecified atom stereocenters. The van der Waals surface area contributed by atoms with Gasteiger partial charge in [0.15, 0.2) is 0 Å². The maximum atomic E-state index is 10.2. The highest BCUT2D eigenvalue weighted by Crippen LogP contribution is 2.16. The molecule has 0 saturated heterocycles. The van der Waals surface area contributed by atoms with E-state index in [9.17, 15) is 5.11 Å². The van der Waals surface area contributed by atoms with Crippen LogP contribution in [-0.2, 0) is 0 Å². The van der Waals surface area contributed by atoms with Crippen molar-refractivity contribution >= 4 is 0 Å². The first-order valence-corrected chi connectivity index (χ1v) is 15.0. The first kappa shape index (κ1) is 31.0. The summed E-state index contributed by atoms with van der Waals surface area (Å²) < 4.78 is 0. The van der Waals surface area contributed by atoms with Gasteiger partial charge in [-0.2, -0.15) is 0 Å². The average molecular weight is 439 g/mol. The number of hydrogen-bond acceptors (Lipinski definition) is 1. The molecule has 1 heteroatoms. The minimum Gasteiger partial charge on any atom is -0.393 e. The molecule has 0 aliphatic carbocycles. The Labute approximate surface area is 198 Å². The van der Waals surface area contributed by atoms with Crippen molar-refractivity contribution in [2.45, 2.75) is 193 Å². The second-order valence-corrected chi connectivity index (χ2v) is 10.4. The van der Waals surface area contributed by atoms with Crippen LogP contribution in [0.3, 0.4) is 0 Å². The highest BCUT2D eigenvalue weighted by molar-refractivity contribution is 4.58. The summed E-state index contributed by atoms with van der Waals surface area (Å²) >= 11 is 0. The van der Waals surface area contributed by atoms with Crippen LogP contribution in [0.2, 0.25) is 0 Å². The van der Waals surface area contributed by atoms with Crippen LogP contribution in [0.4, 0.5) is 0 Å². The van der Waals surface area contributed by atoms with Crippen LogP contribution in [0.5, 0.6) is 0 Å². The normalized spacial score (nSPS) is 12.5. The Balaban J connectivity index is 3.13. The van der Waals surface area contributed by atoms with Crippen LogP contribution in [0, 0.1) is 0 Å². The van der Waals surface area contributed by atoms with E-state index >= 15 is 0 Å². The molecule has 0 aliphatic heterocycles. The standard InChI is InChI=1S/C30H62O/c1-3-5-7-9-11-13-15-17-19-21-23-25-27-29-30(31)28-26-24-22-20-18-16-14-12-10-8-6-4-2/h30-31H,3-29H2,1-2H3/t30-/m1/s1. The Hall–Kier alpha value is -0.0400. The molecule has 0 amide bonds. The number of aliphatic hydroxyl groups excluding tert-OH is 1. The Morgan fingerprint density at radius 2 is 0.516 bits per heavy atom. The zero-order valence-electron chi connectivity index (χ0n) is 22.1. The zero-order chi connectivity index (χ0) is 22.7. The highest BCUT2D eigenvalue weighted by Gasteiger charge is 2.04. The average Bonchev–Trinajstić information content (AvgIpc) is 2.77. The van der Waals surface area contributed by atoms with Gasteiger partial charge in [-0.1, -0.05) is 174 Å². The first-order valence-electron chi connectivity index (χ1n) is 15.0. The van der Waals surface area contributed by atoms with Crippen molar-refractivity contribution in [3.05, 3.63) is 0 Å². The number of aliphatic hydroxyl groups is 1. The van der Waals surface area contributed by atoms with Crippen molar-refractivity contribution in [3.63, 3.8) is 0 Å². The predicted molar refractivity (Wildman–Crippen MR) is 142 cm³/mol. The van der Waals surface area contributed by atoms with E-state index in [-0.39, 0.29) is 6.10 Å². The lowest BCUT2D eigenvalue weighted by atomic mass is 10.0. The molecule has 188 valence electrons. The molecule has 0 fully saturated rings. The van der Waals surface area contributed by atoms with Gasteiger partial charge >= 0.3 is 0 Å². The minimum absolute atomic E-state index is 0.0316. The molecule has 0 saturated carbocycles. The van der Waals surface area contributed by atoms with E-state index < -0.39 is 0 Å². The van der Waals surface area contributed by atoms with Crippen LogP contribution in [-0.4, -0.2) is 11.2 Å². The van der Waals surface area contributed by atoms with Crippen molar-refractivity contribution in [1.82, 2.24) is 0 Å². The maximum Gasteiger partial charge on any atom is 0.0540 e. The van der Waals surface area contributed by atoms with Gasteiger partial charge in [-0.25, -0.2) is 0 Å². The highest BCUT2D eigenvalue weighted by atomic mass is 16.3. The van der Waals surface area contributed by atoms with E-state index in [0.717, 1.165) is 12.8 Å². The predicted octanol–water partition coefficient (Wildman–Crippen LogP) is 10.9. The number of unbranched alkanes of at least 4 members (excludes halogenated alkanes) is 23. The summed E-state index contributed by atoms with van der Waals surface area (Å²) in [6.07, 6.45) is 37.1. The maximum absolute atomic E-state index is 10.2. The molecule has 0 spiro atoms. The van der Waals surface area contributed by atoms with Gasteiger partial charge in [0, 0.05) is 0 Å². The smallest absolute Gasteiger partial charge is 0.0540 e. The second-order valence-electron chi connectivity index (χ2n) is 10.4. The lowest BCUT2D eigenvalue weighted by molar-refractivity contribution is 0.147. The molecule has 31 heavy (non-hydrogen) atoms. The molecule has 0 aromatic rings. The number of hydrogen-bond donors (Lipinski definition) is 1. The van der Waals surface area contributed by atoms with E-state index in [0.29, 0.717) is 0 Å². The zero-order valence-corrected chi connectivity index (χ0v) is 22.1. The molecule has 0 aromatic carbocycles. The van der Waals surface area contributed by atoms with Gasteiger partial charge < -0.3 is 5.11 Å². The Morgan fingerprint density at radius 1 is 0.323 bits per heavy atom. The van der Waals surface area contributed by atoms with Crippen LogP contribution < -0.4 is 0 Å². The summed E-state index contributed by atoms with van der Waals surface area (Å²) in [5.74, 6) is 0. The van der Waals surface area contributed by atoms with Crippen LogP contribution >= 0.6 is 0 Å². The van der Waals surface area contributed by atoms with Crippen LogP contribution in [0.15, 0.2) is 0 Å². The van der Waals surface area contributed by atoms with E-state index in [1.807, 2.05) is 0 Å². The Morgan fingerprint density at radius 3 is 0.742 bits per heavy atom. The molecule has 0 aliphatic rings. The topological polar surface area (TPSA) is 20.2 Å². The van der Waals surface area contributed by atoms with Crippen molar-refractivity contribution < 1.29 is 5.11 Å². The summed E-state index contributed by atoms with van der Waals surface area (Å²) in [7, 11) is 0. The van der Waals surface area contributed by atoms with Gasteiger partial charge in [0.05, 0.1) is 6.10 Å². The molecule has 0 rings (SSSR count). The van der Waals surface area contributed by atoms with Crippen LogP contribution in [0.25, 0.3) is 0 Å². The lowest BCUT2D eigenvalue weighted by Gasteiger charge is -2.10. The van der Waals surface area contributed by atoms with Gasteiger partial charge in [0.1, 0.15) is 0 Å². The minimum atomic E-state index is -0.0316. The Kier molecular flexibility index (Phi) is 28.0. The Bertz CT molecular complexity index is 301. The quantitative estimate of drug-likeness (QED) is 0.126. The second kappa shape index (κ2) is 28.0. The molecule has 0 heterocycles. The van der Waals surface area contributed by atoms with E-state index in [2.05, 4.69) is 13.8 Å². The lowest BCUT2D eigenvalue weighted by Crippen LogP contribution is -2.05. The molecule has 0 aromatic heterocycles. The SMILES string of the molecule is CCCCCCCCCCCCCCC[C@H](O)CCCCCCCCCCCCCC. The van der Waals surface area contributed by atoms with Gasteiger partial charge in [-0.05, 0) is 12.8 Å².